The minimum absolute atomic E-state index is 0.0600. The van der Waals surface area contributed by atoms with Crippen LogP contribution in [0, 0.1) is 0 Å². The van der Waals surface area contributed by atoms with Crippen LogP contribution in [-0.2, 0) is 9.59 Å². The van der Waals surface area contributed by atoms with E-state index in [9.17, 15) is 9.59 Å². The molecule has 2 unspecified atom stereocenters. The molecule has 1 amide bonds. The van der Waals surface area contributed by atoms with Gasteiger partial charge in [-0.25, -0.2) is 0 Å². The maximum absolute atomic E-state index is 12.3. The fourth-order valence-corrected chi connectivity index (χ4v) is 3.05. The summed E-state index contributed by atoms with van der Waals surface area (Å²) in [4.78, 5) is 23.1. The number of carboxylic acid groups (broad SMARTS) is 1. The number of hydrogen-bond acceptors (Lipinski definition) is 3. The third kappa shape index (κ3) is 5.75. The Hall–Kier alpha value is -2.05. The van der Waals surface area contributed by atoms with Crippen LogP contribution in [0.1, 0.15) is 31.7 Å². The van der Waals surface area contributed by atoms with Crippen molar-refractivity contribution in [1.29, 1.82) is 0 Å². The molecule has 2 aromatic rings. The summed E-state index contributed by atoms with van der Waals surface area (Å²) in [7, 11) is 0. The standard InChI is InChI=1S/C19H19BrClNO4/c1-11(9-18(23)24)13-3-6-15(7-4-13)22-19(25)12(2)26-17-8-5-14(20)10-16(17)21/h3-8,10-12H,9H2,1-2H3,(H,22,25)(H,23,24). The molecule has 2 rings (SSSR count). The van der Waals surface area contributed by atoms with Gasteiger partial charge >= 0.3 is 5.97 Å². The van der Waals surface area contributed by atoms with Crippen LogP contribution in [0.5, 0.6) is 5.75 Å². The highest BCUT2D eigenvalue weighted by atomic mass is 79.9. The molecule has 0 bridgehead atoms. The fourth-order valence-electron chi connectivity index (χ4n) is 2.33. The first kappa shape index (κ1) is 20.3. The van der Waals surface area contributed by atoms with Gasteiger partial charge in [-0.2, -0.15) is 0 Å². The van der Waals surface area contributed by atoms with Crippen LogP contribution in [0.2, 0.25) is 5.02 Å². The molecule has 0 spiro atoms. The minimum Gasteiger partial charge on any atom is -0.481 e. The predicted octanol–water partition coefficient (Wildman–Crippen LogP) is 5.09. The van der Waals surface area contributed by atoms with E-state index < -0.39 is 12.1 Å². The maximum atomic E-state index is 12.3. The summed E-state index contributed by atoms with van der Waals surface area (Å²) in [6.45, 7) is 3.48. The number of carbonyl (C=O) groups excluding carboxylic acids is 1. The highest BCUT2D eigenvalue weighted by Crippen LogP contribution is 2.28. The zero-order chi connectivity index (χ0) is 19.3. The van der Waals surface area contributed by atoms with E-state index in [-0.39, 0.29) is 18.2 Å². The van der Waals surface area contributed by atoms with Crippen molar-refractivity contribution >= 4 is 45.1 Å². The van der Waals surface area contributed by atoms with Crippen molar-refractivity contribution in [2.45, 2.75) is 32.3 Å². The molecule has 0 radical (unpaired) electrons. The topological polar surface area (TPSA) is 75.6 Å². The van der Waals surface area contributed by atoms with E-state index in [1.165, 1.54) is 0 Å². The summed E-state index contributed by atoms with van der Waals surface area (Å²) in [6.07, 6.45) is -0.677. The van der Waals surface area contributed by atoms with Crippen molar-refractivity contribution < 1.29 is 19.4 Å². The Bertz CT molecular complexity index is 795. The van der Waals surface area contributed by atoms with Crippen molar-refractivity contribution in [3.63, 3.8) is 0 Å². The first-order valence-corrected chi connectivity index (χ1v) is 9.17. The monoisotopic (exact) mass is 439 g/mol. The summed E-state index contributed by atoms with van der Waals surface area (Å²) < 4.78 is 6.43. The molecule has 0 fully saturated rings. The van der Waals surface area contributed by atoms with Crippen molar-refractivity contribution in [3.8, 4) is 5.75 Å². The highest BCUT2D eigenvalue weighted by Gasteiger charge is 2.17. The van der Waals surface area contributed by atoms with Crippen molar-refractivity contribution in [3.05, 3.63) is 57.5 Å². The lowest BCUT2D eigenvalue weighted by Crippen LogP contribution is -2.30. The molecule has 2 aromatic carbocycles. The molecule has 0 aliphatic rings. The number of carboxylic acids is 1. The summed E-state index contributed by atoms with van der Waals surface area (Å²) in [5, 5.41) is 12.0. The number of aliphatic carboxylic acids is 1. The van der Waals surface area contributed by atoms with Gasteiger partial charge in [-0.15, -0.1) is 0 Å². The number of amides is 1. The largest absolute Gasteiger partial charge is 0.481 e. The van der Waals surface area contributed by atoms with Gasteiger partial charge in [-0.1, -0.05) is 46.6 Å². The lowest BCUT2D eigenvalue weighted by molar-refractivity contribution is -0.137. The molecule has 0 saturated carbocycles. The second-order valence-electron chi connectivity index (χ2n) is 5.94. The van der Waals surface area contributed by atoms with Gasteiger partial charge in [-0.05, 0) is 48.7 Å². The molecule has 2 atom stereocenters. The number of ether oxygens (including phenoxy) is 1. The normalized spacial score (nSPS) is 12.9. The van der Waals surface area contributed by atoms with E-state index in [4.69, 9.17) is 21.4 Å². The third-order valence-corrected chi connectivity index (χ3v) is 4.58. The van der Waals surface area contributed by atoms with Gasteiger partial charge in [0, 0.05) is 10.2 Å². The molecule has 0 aliphatic carbocycles. The Morgan fingerprint density at radius 2 is 1.85 bits per heavy atom. The summed E-state index contributed by atoms with van der Waals surface area (Å²) >= 11 is 9.41. The van der Waals surface area contributed by atoms with Gasteiger partial charge in [0.1, 0.15) is 5.75 Å². The van der Waals surface area contributed by atoms with Crippen LogP contribution >= 0.6 is 27.5 Å². The predicted molar refractivity (Wildman–Crippen MR) is 105 cm³/mol. The van der Waals surface area contributed by atoms with E-state index in [1.807, 2.05) is 6.92 Å². The second-order valence-corrected chi connectivity index (χ2v) is 7.27. The Morgan fingerprint density at radius 3 is 2.42 bits per heavy atom. The number of rotatable bonds is 7. The zero-order valence-corrected chi connectivity index (χ0v) is 16.7. The summed E-state index contributed by atoms with van der Waals surface area (Å²) in [5.41, 5.74) is 1.51. The van der Waals surface area contributed by atoms with Crippen LogP contribution in [-0.4, -0.2) is 23.1 Å². The van der Waals surface area contributed by atoms with Gasteiger partial charge in [-0.3, -0.25) is 9.59 Å². The van der Waals surface area contributed by atoms with E-state index in [1.54, 1.807) is 49.4 Å². The number of benzene rings is 2. The molecule has 0 aliphatic heterocycles. The maximum Gasteiger partial charge on any atom is 0.303 e. The Balaban J connectivity index is 1.97. The molecular formula is C19H19BrClNO4. The number of hydrogen-bond donors (Lipinski definition) is 2. The van der Waals surface area contributed by atoms with Gasteiger partial charge < -0.3 is 15.2 Å². The molecule has 0 heterocycles. The molecule has 138 valence electrons. The smallest absolute Gasteiger partial charge is 0.303 e. The summed E-state index contributed by atoms with van der Waals surface area (Å²) in [5.74, 6) is -0.822. The van der Waals surface area contributed by atoms with E-state index in [0.717, 1.165) is 10.0 Å². The van der Waals surface area contributed by atoms with Gasteiger partial charge in [0.2, 0.25) is 0 Å². The van der Waals surface area contributed by atoms with E-state index in [2.05, 4.69) is 21.2 Å². The first-order chi connectivity index (χ1) is 12.3. The molecule has 7 heteroatoms. The molecule has 5 nitrogen and oxygen atoms in total. The first-order valence-electron chi connectivity index (χ1n) is 8.00. The number of anilines is 1. The van der Waals surface area contributed by atoms with Crippen LogP contribution in [0.15, 0.2) is 46.9 Å². The van der Waals surface area contributed by atoms with Gasteiger partial charge in [0.05, 0.1) is 11.4 Å². The average Bonchev–Trinajstić information content (AvgIpc) is 2.57. The van der Waals surface area contributed by atoms with Gasteiger partial charge in [0.15, 0.2) is 6.10 Å². The van der Waals surface area contributed by atoms with E-state index in [0.29, 0.717) is 16.5 Å². The van der Waals surface area contributed by atoms with Crippen LogP contribution in [0.25, 0.3) is 0 Å². The van der Waals surface area contributed by atoms with Crippen molar-refractivity contribution in [1.82, 2.24) is 0 Å². The third-order valence-electron chi connectivity index (χ3n) is 3.79. The second kappa shape index (κ2) is 9.05. The SMILES string of the molecule is CC(Oc1ccc(Br)cc1Cl)C(=O)Nc1ccc(C(C)CC(=O)O)cc1. The van der Waals surface area contributed by atoms with Crippen LogP contribution in [0.4, 0.5) is 5.69 Å². The lowest BCUT2D eigenvalue weighted by atomic mass is 9.98. The zero-order valence-electron chi connectivity index (χ0n) is 14.3. The van der Waals surface area contributed by atoms with Crippen LogP contribution in [0.3, 0.4) is 0 Å². The average molecular weight is 441 g/mol. The summed E-state index contributed by atoms with van der Waals surface area (Å²) in [6, 6.07) is 12.3. The van der Waals surface area contributed by atoms with Crippen molar-refractivity contribution in [2.75, 3.05) is 5.32 Å². The van der Waals surface area contributed by atoms with Crippen molar-refractivity contribution in [2.24, 2.45) is 0 Å². The molecule has 0 saturated heterocycles. The lowest BCUT2D eigenvalue weighted by Gasteiger charge is -2.16. The molecule has 26 heavy (non-hydrogen) atoms. The molecule has 2 N–H and O–H groups in total. The number of carbonyl (C=O) groups is 2. The molecular weight excluding hydrogens is 422 g/mol. The number of halogens is 2. The highest BCUT2D eigenvalue weighted by molar-refractivity contribution is 9.10. The van der Waals surface area contributed by atoms with Crippen LogP contribution < -0.4 is 10.1 Å². The van der Waals surface area contributed by atoms with E-state index >= 15 is 0 Å². The number of nitrogens with one attached hydrogen (secondary N) is 1. The quantitative estimate of drug-likeness (QED) is 0.629. The molecule has 0 aromatic heterocycles. The minimum atomic E-state index is -0.840. The van der Waals surface area contributed by atoms with Gasteiger partial charge in [0.25, 0.3) is 5.91 Å². The Morgan fingerprint density at radius 1 is 1.19 bits per heavy atom. The fraction of sp³-hybridized carbons (Fsp3) is 0.263. The Kier molecular flexibility index (Phi) is 7.06. The Labute approximate surface area is 165 Å².